The summed E-state index contributed by atoms with van der Waals surface area (Å²) in [6, 6.07) is 0. The lowest BCUT2D eigenvalue weighted by Crippen LogP contribution is -2.47. The number of rotatable bonds is 10. The van der Waals surface area contributed by atoms with E-state index in [0.717, 1.165) is 19.6 Å². The number of aliphatic imine (C=N–C) groups is 1. The fraction of sp³-hybridized carbons (Fsp3) is 0.938. The number of halogens is 3. The van der Waals surface area contributed by atoms with Crippen molar-refractivity contribution in [3.05, 3.63) is 0 Å². The first-order valence-corrected chi connectivity index (χ1v) is 8.49. The zero-order valence-corrected chi connectivity index (χ0v) is 15.0. The van der Waals surface area contributed by atoms with Crippen molar-refractivity contribution in [2.75, 3.05) is 54.0 Å². The minimum atomic E-state index is -4.14. The summed E-state index contributed by atoms with van der Waals surface area (Å²) in [5.41, 5.74) is 0.292. The quantitative estimate of drug-likeness (QED) is 0.360. The number of hydrogen-bond acceptors (Lipinski definition) is 3. The highest BCUT2D eigenvalue weighted by atomic mass is 19.4. The van der Waals surface area contributed by atoms with E-state index in [0.29, 0.717) is 30.9 Å². The van der Waals surface area contributed by atoms with Crippen molar-refractivity contribution in [3.8, 4) is 0 Å². The van der Waals surface area contributed by atoms with E-state index in [9.17, 15) is 13.2 Å². The lowest BCUT2D eigenvalue weighted by molar-refractivity contribution is -0.143. The first-order chi connectivity index (χ1) is 11.3. The number of guanidine groups is 1. The average molecular weight is 352 g/mol. The molecule has 0 spiro atoms. The molecular formula is C16H31F3N4O. The summed E-state index contributed by atoms with van der Waals surface area (Å²) < 4.78 is 41.9. The Morgan fingerprint density at radius 1 is 1.29 bits per heavy atom. The van der Waals surface area contributed by atoms with Crippen molar-refractivity contribution < 1.29 is 17.9 Å². The van der Waals surface area contributed by atoms with Crippen molar-refractivity contribution in [1.82, 2.24) is 15.5 Å². The molecule has 2 N–H and O–H groups in total. The molecule has 0 aromatic carbocycles. The van der Waals surface area contributed by atoms with E-state index in [1.54, 1.807) is 14.2 Å². The maximum absolute atomic E-state index is 12.2. The molecule has 1 rings (SSSR count). The van der Waals surface area contributed by atoms with E-state index >= 15 is 0 Å². The summed E-state index contributed by atoms with van der Waals surface area (Å²) in [5.74, 6) is 0.706. The smallest absolute Gasteiger partial charge is 0.385 e. The fourth-order valence-corrected chi connectivity index (χ4v) is 2.94. The molecule has 1 aliphatic rings. The van der Waals surface area contributed by atoms with Crippen LogP contribution in [0.1, 0.15) is 32.1 Å². The number of nitrogens with zero attached hydrogens (tertiary/aromatic N) is 2. The van der Waals surface area contributed by atoms with Crippen LogP contribution in [0.25, 0.3) is 0 Å². The zero-order chi connectivity index (χ0) is 18.1. The molecule has 0 aliphatic heterocycles. The van der Waals surface area contributed by atoms with Crippen LogP contribution in [-0.4, -0.2) is 71.0 Å². The Balaban J connectivity index is 2.21. The molecule has 0 aromatic rings. The molecule has 8 heteroatoms. The highest BCUT2D eigenvalue weighted by Crippen LogP contribution is 2.43. The fourth-order valence-electron chi connectivity index (χ4n) is 2.94. The van der Waals surface area contributed by atoms with Gasteiger partial charge in [0, 0.05) is 33.9 Å². The maximum Gasteiger partial charge on any atom is 0.401 e. The third-order valence-electron chi connectivity index (χ3n) is 4.56. The molecular weight excluding hydrogens is 321 g/mol. The minimum absolute atomic E-state index is 0.292. The average Bonchev–Trinajstić information content (AvgIpc) is 2.45. The molecule has 0 radical (unpaired) electrons. The van der Waals surface area contributed by atoms with Gasteiger partial charge in [-0.15, -0.1) is 0 Å². The molecule has 0 aromatic heterocycles. The van der Waals surface area contributed by atoms with Crippen LogP contribution >= 0.6 is 0 Å². The third kappa shape index (κ3) is 8.19. The Labute approximate surface area is 143 Å². The van der Waals surface area contributed by atoms with Crippen LogP contribution in [0.3, 0.4) is 0 Å². The molecule has 0 unspecified atom stereocenters. The van der Waals surface area contributed by atoms with Crippen molar-refractivity contribution >= 4 is 5.96 Å². The Bertz CT molecular complexity index is 384. The summed E-state index contributed by atoms with van der Waals surface area (Å²) in [7, 11) is 4.90. The van der Waals surface area contributed by atoms with Crippen molar-refractivity contribution in [3.63, 3.8) is 0 Å². The second kappa shape index (κ2) is 10.1. The van der Waals surface area contributed by atoms with Gasteiger partial charge in [0.1, 0.15) is 0 Å². The van der Waals surface area contributed by atoms with Crippen LogP contribution in [0.4, 0.5) is 13.2 Å². The van der Waals surface area contributed by atoms with Gasteiger partial charge in [0.05, 0.1) is 6.54 Å². The normalized spacial score (nSPS) is 17.7. The summed E-state index contributed by atoms with van der Waals surface area (Å²) in [4.78, 5) is 5.46. The third-order valence-corrected chi connectivity index (χ3v) is 4.56. The maximum atomic E-state index is 12.2. The van der Waals surface area contributed by atoms with Gasteiger partial charge >= 0.3 is 6.18 Å². The molecule has 0 atom stereocenters. The van der Waals surface area contributed by atoms with Crippen LogP contribution in [0.2, 0.25) is 0 Å². The summed E-state index contributed by atoms with van der Waals surface area (Å²) in [5, 5.41) is 6.50. The molecule has 24 heavy (non-hydrogen) atoms. The first kappa shape index (κ1) is 21.0. The Kier molecular flexibility index (Phi) is 8.83. The molecule has 142 valence electrons. The molecule has 1 aliphatic carbocycles. The van der Waals surface area contributed by atoms with Crippen LogP contribution in [-0.2, 0) is 4.74 Å². The van der Waals surface area contributed by atoms with Crippen LogP contribution in [0.15, 0.2) is 4.99 Å². The monoisotopic (exact) mass is 352 g/mol. The Morgan fingerprint density at radius 3 is 2.50 bits per heavy atom. The van der Waals surface area contributed by atoms with Gasteiger partial charge in [-0.2, -0.15) is 13.2 Å². The summed E-state index contributed by atoms with van der Waals surface area (Å²) in [6.07, 6.45) is 1.17. The van der Waals surface area contributed by atoms with Crippen molar-refractivity contribution in [2.45, 2.75) is 38.3 Å². The lowest BCUT2D eigenvalue weighted by atomic mass is 9.67. The molecule has 0 saturated heterocycles. The van der Waals surface area contributed by atoms with Gasteiger partial charge in [0.2, 0.25) is 0 Å². The SMILES string of the molecule is CN=C(NCCCN(C)CC(F)(F)F)NCC1(CCOC)CCC1. The lowest BCUT2D eigenvalue weighted by Gasteiger charge is -2.42. The van der Waals surface area contributed by atoms with Gasteiger partial charge in [0.25, 0.3) is 0 Å². The molecule has 5 nitrogen and oxygen atoms in total. The van der Waals surface area contributed by atoms with Gasteiger partial charge in [-0.3, -0.25) is 9.89 Å². The van der Waals surface area contributed by atoms with E-state index in [1.807, 2.05) is 0 Å². The number of ether oxygens (including phenoxy) is 1. The number of hydrogen-bond donors (Lipinski definition) is 2. The van der Waals surface area contributed by atoms with Crippen LogP contribution in [0.5, 0.6) is 0 Å². The number of nitrogens with one attached hydrogen (secondary N) is 2. The second-order valence-electron chi connectivity index (χ2n) is 6.66. The minimum Gasteiger partial charge on any atom is -0.385 e. The highest BCUT2D eigenvalue weighted by Gasteiger charge is 2.36. The number of methoxy groups -OCH3 is 1. The van der Waals surface area contributed by atoms with Gasteiger partial charge in [-0.1, -0.05) is 6.42 Å². The van der Waals surface area contributed by atoms with Gasteiger partial charge in [-0.25, -0.2) is 0 Å². The topological polar surface area (TPSA) is 48.9 Å². The highest BCUT2D eigenvalue weighted by molar-refractivity contribution is 5.79. The van der Waals surface area contributed by atoms with Crippen molar-refractivity contribution in [1.29, 1.82) is 0 Å². The van der Waals surface area contributed by atoms with Gasteiger partial charge < -0.3 is 15.4 Å². The number of alkyl halides is 3. The molecule has 0 bridgehead atoms. The van der Waals surface area contributed by atoms with Crippen LogP contribution < -0.4 is 10.6 Å². The van der Waals surface area contributed by atoms with E-state index in [1.165, 1.54) is 31.2 Å². The Morgan fingerprint density at radius 2 is 2.00 bits per heavy atom. The molecule has 0 heterocycles. The molecule has 1 saturated carbocycles. The van der Waals surface area contributed by atoms with Gasteiger partial charge in [0.15, 0.2) is 5.96 Å². The van der Waals surface area contributed by atoms with Crippen molar-refractivity contribution in [2.24, 2.45) is 10.4 Å². The zero-order valence-electron chi connectivity index (χ0n) is 15.0. The van der Waals surface area contributed by atoms with Crippen LogP contribution in [0, 0.1) is 5.41 Å². The van der Waals surface area contributed by atoms with E-state index in [-0.39, 0.29) is 0 Å². The first-order valence-electron chi connectivity index (χ1n) is 8.49. The summed E-state index contributed by atoms with van der Waals surface area (Å²) >= 11 is 0. The van der Waals surface area contributed by atoms with E-state index < -0.39 is 12.7 Å². The molecule has 1 fully saturated rings. The van der Waals surface area contributed by atoms with Gasteiger partial charge in [-0.05, 0) is 44.7 Å². The summed E-state index contributed by atoms with van der Waals surface area (Å²) in [6.45, 7) is 1.72. The Hall–Kier alpha value is -1.02. The predicted octanol–water partition coefficient (Wildman–Crippen LogP) is 2.24. The standard InChI is InChI=1S/C16H31F3N4O/c1-20-14(21-9-5-10-23(2)13-16(17,18)19)22-12-15(6-4-7-15)8-11-24-3/h4-13H2,1-3H3,(H2,20,21,22). The molecule has 0 amide bonds. The van der Waals surface area contributed by atoms with E-state index in [4.69, 9.17) is 4.74 Å². The largest absolute Gasteiger partial charge is 0.401 e. The van der Waals surface area contributed by atoms with E-state index in [2.05, 4.69) is 15.6 Å². The second-order valence-corrected chi connectivity index (χ2v) is 6.66. The predicted molar refractivity (Wildman–Crippen MR) is 90.3 cm³/mol.